The van der Waals surface area contributed by atoms with E-state index in [-0.39, 0.29) is 26.8 Å². The van der Waals surface area contributed by atoms with Gasteiger partial charge in [0.2, 0.25) is 0 Å². The molecule has 0 amide bonds. The van der Waals surface area contributed by atoms with Crippen molar-refractivity contribution in [2.75, 3.05) is 0 Å². The molecule has 31 heavy (non-hydrogen) atoms. The van der Waals surface area contributed by atoms with Gasteiger partial charge >= 0.3 is 56.9 Å². The van der Waals surface area contributed by atoms with Gasteiger partial charge in [-0.05, 0) is 24.3 Å². The molecule has 2 aromatic carbocycles. The molecule has 0 atom stereocenters. The molecule has 0 aliphatic heterocycles. The van der Waals surface area contributed by atoms with E-state index in [2.05, 4.69) is 51.2 Å². The molecule has 0 fully saturated rings. The number of benzene rings is 2. The minimum atomic E-state index is 0.0574. The Kier molecular flexibility index (Phi) is 19.8. The first-order valence-electron chi connectivity index (χ1n) is 10.2. The monoisotopic (exact) mass is 508 g/mol. The normalized spacial score (nSPS) is 11.2. The molecule has 2 aliphatic rings. The second-order valence-electron chi connectivity index (χ2n) is 6.80. The van der Waals surface area contributed by atoms with Crippen LogP contribution in [0.25, 0.3) is 0 Å². The Morgan fingerprint density at radius 1 is 0.742 bits per heavy atom. The van der Waals surface area contributed by atoms with Crippen LogP contribution >= 0.6 is 0 Å². The summed E-state index contributed by atoms with van der Waals surface area (Å²) in [5.74, 6) is 0.644. The minimum Gasteiger partial charge on any atom is -0.508 e. The van der Waals surface area contributed by atoms with Crippen LogP contribution < -0.4 is 0 Å². The van der Waals surface area contributed by atoms with Gasteiger partial charge in [0.25, 0.3) is 0 Å². The molecule has 0 saturated carbocycles. The van der Waals surface area contributed by atoms with Crippen LogP contribution in [0.5, 0.6) is 11.5 Å². The summed E-state index contributed by atoms with van der Waals surface area (Å²) in [6, 6.07) is 17.4. The van der Waals surface area contributed by atoms with E-state index in [0.29, 0.717) is 11.5 Å². The third-order valence-electron chi connectivity index (χ3n) is 3.18. The predicted molar refractivity (Wildman–Crippen MR) is 133 cm³/mol. The molecule has 2 nitrogen and oxygen atoms in total. The second kappa shape index (κ2) is 21.2. The molecule has 0 unspecified atom stereocenters. The zero-order valence-corrected chi connectivity index (χ0v) is 22.5. The number of aromatic hydroxyl groups is 2. The standard InChI is InChI=1S/2C6H6O.2C5H5.C3H6.C2H6Si.Zr/c2*7-6-4-2-1-3-5-6;2*1-2-4-5-3-1;2*1-3-2;/h2*1-5,7H;2*1-3H,4H2;2*1-2H3;/q;;2*-1;;;. The van der Waals surface area contributed by atoms with Crippen molar-refractivity contribution in [2.24, 2.45) is 0 Å². The summed E-state index contributed by atoms with van der Waals surface area (Å²) in [6.45, 7) is 9.40. The maximum absolute atomic E-state index is 8.63. The number of allylic oxidation sites excluding steroid dienone is 8. The van der Waals surface area contributed by atoms with Gasteiger partial charge in [-0.2, -0.15) is 12.2 Å². The Morgan fingerprint density at radius 2 is 1.13 bits per heavy atom. The van der Waals surface area contributed by atoms with Crippen molar-refractivity contribution in [1.29, 1.82) is 0 Å². The Balaban J connectivity index is 0.000000365. The number of hydrogen-bond acceptors (Lipinski definition) is 2. The first kappa shape index (κ1) is 29.0. The molecule has 2 N–H and O–H groups in total. The van der Waals surface area contributed by atoms with Crippen molar-refractivity contribution >= 4 is 8.64 Å². The zero-order valence-electron chi connectivity index (χ0n) is 19.0. The molecule has 0 bridgehead atoms. The van der Waals surface area contributed by atoms with Crippen LogP contribution in [-0.2, 0) is 21.4 Å². The quantitative estimate of drug-likeness (QED) is 0.299. The summed E-state index contributed by atoms with van der Waals surface area (Å²) in [7, 11) is 0. The van der Waals surface area contributed by atoms with Crippen LogP contribution in [0.1, 0.15) is 26.7 Å². The minimum absolute atomic E-state index is 0.0574. The van der Waals surface area contributed by atoms with E-state index in [1.54, 1.807) is 51.7 Å². The molecule has 2 aromatic rings. The van der Waals surface area contributed by atoms with E-state index in [9.17, 15) is 0 Å². The maximum Gasteiger partial charge on any atom is 0.115 e. The van der Waals surface area contributed by atoms with Gasteiger partial charge in [-0.25, -0.2) is 24.3 Å². The molecule has 0 radical (unpaired) electrons. The van der Waals surface area contributed by atoms with Gasteiger partial charge in [-0.15, -0.1) is 12.8 Å². The van der Waals surface area contributed by atoms with Crippen LogP contribution in [0.3, 0.4) is 0 Å². The maximum atomic E-state index is 8.63. The summed E-state index contributed by atoms with van der Waals surface area (Å²) in [5, 5.41) is 17.3. The molecular weight excluding hydrogens is 476 g/mol. The van der Waals surface area contributed by atoms with E-state index in [1.807, 2.05) is 36.4 Å². The van der Waals surface area contributed by atoms with Gasteiger partial charge < -0.3 is 10.2 Å². The summed E-state index contributed by atoms with van der Waals surface area (Å²) in [4.78, 5) is 0. The topological polar surface area (TPSA) is 40.5 Å². The fourth-order valence-corrected chi connectivity index (χ4v) is 10.4. The van der Waals surface area contributed by atoms with E-state index in [1.165, 1.54) is 0 Å². The molecule has 0 spiro atoms. The summed E-state index contributed by atoms with van der Waals surface area (Å²) >= 11 is 0.0574. The smallest absolute Gasteiger partial charge is 0.115 e. The van der Waals surface area contributed by atoms with Crippen LogP contribution in [-0.4, -0.2) is 18.9 Å². The fraction of sp³-hybridized carbons (Fsp3) is 0.222. The van der Waals surface area contributed by atoms with Crippen molar-refractivity contribution in [3.63, 3.8) is 0 Å². The Morgan fingerprint density at radius 3 is 1.23 bits per heavy atom. The predicted octanol–water partition coefficient (Wildman–Crippen LogP) is 6.93. The van der Waals surface area contributed by atoms with Crippen molar-refractivity contribution in [3.05, 3.63) is 109 Å². The third-order valence-corrected chi connectivity index (χ3v) is 11.6. The van der Waals surface area contributed by atoms with Crippen LogP contribution in [0.15, 0.2) is 97.1 Å². The molecule has 0 aromatic heterocycles. The van der Waals surface area contributed by atoms with Gasteiger partial charge in [0, 0.05) is 0 Å². The zero-order chi connectivity index (χ0) is 23.2. The largest absolute Gasteiger partial charge is 0.508 e. The molecule has 4 heteroatoms. The number of hydrogen-bond donors (Lipinski definition) is 2. The fourth-order valence-electron chi connectivity index (χ4n) is 2.04. The number of rotatable bonds is 0. The van der Waals surface area contributed by atoms with Crippen LogP contribution in [0.4, 0.5) is 0 Å². The first-order valence-corrected chi connectivity index (χ1v) is 17.6. The average molecular weight is 510 g/mol. The van der Waals surface area contributed by atoms with Crippen molar-refractivity contribution in [1.82, 2.24) is 0 Å². The SMILES string of the molecule is C[C](C)=[Zr]=[Si](C)C.Oc1ccccc1.Oc1ccccc1.[C-]1=CC=CC1.[C-]1=CC=CC1. The Bertz CT molecular complexity index is 776. The van der Waals surface area contributed by atoms with E-state index < -0.39 is 0 Å². The molecular formula is C27H34O2SiZr-2. The third kappa shape index (κ3) is 24.1. The first-order chi connectivity index (χ1) is 14.9. The Labute approximate surface area is 199 Å². The molecule has 2 aliphatic carbocycles. The van der Waals surface area contributed by atoms with Crippen molar-refractivity contribution in [3.8, 4) is 11.5 Å². The van der Waals surface area contributed by atoms with Gasteiger partial charge in [0.15, 0.2) is 0 Å². The molecule has 0 saturated heterocycles. The van der Waals surface area contributed by atoms with Gasteiger partial charge in [-0.1, -0.05) is 36.4 Å². The van der Waals surface area contributed by atoms with E-state index in [0.717, 1.165) is 12.8 Å². The Hall–Kier alpha value is -2.03. The molecule has 0 heterocycles. The number of phenols is 2. The van der Waals surface area contributed by atoms with Crippen LogP contribution in [0, 0.1) is 12.2 Å². The van der Waals surface area contributed by atoms with E-state index in [4.69, 9.17) is 10.2 Å². The van der Waals surface area contributed by atoms with Crippen molar-refractivity contribution in [2.45, 2.75) is 39.8 Å². The van der Waals surface area contributed by atoms with Gasteiger partial charge in [0.05, 0.1) is 0 Å². The molecule has 4 rings (SSSR count). The second-order valence-corrected chi connectivity index (χ2v) is 20.7. The summed E-state index contributed by atoms with van der Waals surface area (Å²) < 4.78 is 1.75. The van der Waals surface area contributed by atoms with Gasteiger partial charge in [-0.3, -0.25) is 12.2 Å². The van der Waals surface area contributed by atoms with Crippen LogP contribution in [0.2, 0.25) is 13.1 Å². The summed E-state index contributed by atoms with van der Waals surface area (Å²) in [5.41, 5.74) is 0.199. The number of phenolic OH excluding ortho intramolecular Hbond substituents is 2. The summed E-state index contributed by atoms with van der Waals surface area (Å²) in [6.07, 6.45) is 20.0. The average Bonchev–Trinajstić information content (AvgIpc) is 3.48. The van der Waals surface area contributed by atoms with Crippen molar-refractivity contribution < 1.29 is 31.6 Å². The van der Waals surface area contributed by atoms with Gasteiger partial charge in [0.1, 0.15) is 11.5 Å². The number of para-hydroxylation sites is 2. The molecule has 164 valence electrons. The van der Waals surface area contributed by atoms with E-state index >= 15 is 0 Å².